The van der Waals surface area contributed by atoms with Crippen molar-refractivity contribution in [2.24, 2.45) is 28.6 Å². The number of fused-ring (bicyclic) bond motifs is 5. The van der Waals surface area contributed by atoms with E-state index in [0.717, 1.165) is 30.6 Å². The van der Waals surface area contributed by atoms with Crippen molar-refractivity contribution in [3.05, 3.63) is 11.6 Å². The summed E-state index contributed by atoms with van der Waals surface area (Å²) in [5, 5.41) is 0. The van der Waals surface area contributed by atoms with Crippen LogP contribution in [0.5, 0.6) is 0 Å². The molecule has 4 aliphatic carbocycles. The summed E-state index contributed by atoms with van der Waals surface area (Å²) in [7, 11) is 0. The third-order valence-corrected chi connectivity index (χ3v) is 7.74. The van der Waals surface area contributed by atoms with Crippen LogP contribution in [-0.4, -0.2) is 5.78 Å². The highest BCUT2D eigenvalue weighted by Gasteiger charge is 2.55. The lowest BCUT2D eigenvalue weighted by Crippen LogP contribution is -2.49. The molecule has 0 aromatic heterocycles. The zero-order chi connectivity index (χ0) is 14.0. The van der Waals surface area contributed by atoms with Crippen LogP contribution in [0.25, 0.3) is 0 Å². The highest BCUT2D eigenvalue weighted by Crippen LogP contribution is 2.65. The minimum absolute atomic E-state index is 0.362. The molecule has 1 nitrogen and oxygen atoms in total. The van der Waals surface area contributed by atoms with E-state index in [2.05, 4.69) is 13.8 Å². The van der Waals surface area contributed by atoms with Gasteiger partial charge in [0, 0.05) is 6.42 Å². The molecule has 0 aromatic rings. The summed E-state index contributed by atoms with van der Waals surface area (Å²) in [6.07, 6.45) is 13.8. The lowest BCUT2D eigenvalue weighted by Gasteiger charge is -2.57. The maximum Gasteiger partial charge on any atom is 0.155 e. The molecule has 0 N–H and O–H groups in total. The Morgan fingerprint density at radius 3 is 2.70 bits per heavy atom. The molecule has 0 radical (unpaired) electrons. The van der Waals surface area contributed by atoms with Crippen LogP contribution in [0.1, 0.15) is 71.6 Å². The Kier molecular flexibility index (Phi) is 2.76. The van der Waals surface area contributed by atoms with Crippen LogP contribution in [0, 0.1) is 28.6 Å². The number of allylic oxidation sites excluding steroid dienone is 1. The lowest BCUT2D eigenvalue weighted by molar-refractivity contribution is -0.117. The van der Waals surface area contributed by atoms with Crippen LogP contribution in [0.3, 0.4) is 0 Å². The Bertz CT molecular complexity index is 476. The summed E-state index contributed by atoms with van der Waals surface area (Å²) in [4.78, 5) is 11.8. The number of hydrogen-bond donors (Lipinski definition) is 0. The van der Waals surface area contributed by atoms with Gasteiger partial charge in [0.25, 0.3) is 0 Å². The monoisotopic (exact) mass is 272 g/mol. The summed E-state index contributed by atoms with van der Waals surface area (Å²) in [5.41, 5.74) is 2.53. The third kappa shape index (κ3) is 1.64. The maximum absolute atomic E-state index is 11.8. The van der Waals surface area contributed by atoms with Gasteiger partial charge in [-0.2, -0.15) is 0 Å². The highest BCUT2D eigenvalue weighted by atomic mass is 16.1. The summed E-state index contributed by atoms with van der Waals surface area (Å²) in [6.45, 7) is 5.05. The minimum atomic E-state index is 0.362. The minimum Gasteiger partial charge on any atom is -0.295 e. The van der Waals surface area contributed by atoms with Gasteiger partial charge in [0.1, 0.15) is 0 Å². The van der Waals surface area contributed by atoms with Crippen molar-refractivity contribution in [2.45, 2.75) is 71.6 Å². The molecule has 0 heterocycles. The van der Waals surface area contributed by atoms with E-state index < -0.39 is 0 Å². The predicted octanol–water partition coefficient (Wildman–Crippen LogP) is 4.91. The van der Waals surface area contributed by atoms with E-state index in [0.29, 0.717) is 16.6 Å². The van der Waals surface area contributed by atoms with Gasteiger partial charge in [-0.1, -0.05) is 25.8 Å². The Morgan fingerprint density at radius 1 is 1.00 bits per heavy atom. The van der Waals surface area contributed by atoms with Gasteiger partial charge in [-0.25, -0.2) is 0 Å². The summed E-state index contributed by atoms with van der Waals surface area (Å²) in [5.74, 6) is 3.19. The van der Waals surface area contributed by atoms with Crippen LogP contribution in [0.15, 0.2) is 11.6 Å². The molecule has 0 amide bonds. The van der Waals surface area contributed by atoms with Crippen molar-refractivity contribution in [1.29, 1.82) is 0 Å². The smallest absolute Gasteiger partial charge is 0.155 e. The third-order valence-electron chi connectivity index (χ3n) is 7.74. The van der Waals surface area contributed by atoms with E-state index in [1.54, 1.807) is 0 Å². The molecule has 0 aliphatic heterocycles. The van der Waals surface area contributed by atoms with Crippen LogP contribution >= 0.6 is 0 Å². The SMILES string of the molecule is CC12CCC[C@H]1[C@H]1CCC3=CC(=O)CC[C@]3(C)[C@H]1CC2. The quantitative estimate of drug-likeness (QED) is 0.612. The van der Waals surface area contributed by atoms with Gasteiger partial charge in [0.15, 0.2) is 5.78 Å². The number of carbonyl (C=O) groups is 1. The maximum atomic E-state index is 11.8. The molecule has 1 unspecified atom stereocenters. The number of rotatable bonds is 0. The molecule has 0 aromatic carbocycles. The second kappa shape index (κ2) is 4.21. The molecule has 3 fully saturated rings. The van der Waals surface area contributed by atoms with Crippen molar-refractivity contribution in [3.8, 4) is 0 Å². The van der Waals surface area contributed by atoms with Gasteiger partial charge in [0.05, 0.1) is 0 Å². The topological polar surface area (TPSA) is 17.1 Å². The van der Waals surface area contributed by atoms with Gasteiger partial charge in [-0.05, 0) is 79.6 Å². The van der Waals surface area contributed by atoms with Crippen molar-refractivity contribution in [2.75, 3.05) is 0 Å². The average molecular weight is 272 g/mol. The number of carbonyl (C=O) groups excluding carboxylic acids is 1. The van der Waals surface area contributed by atoms with Crippen LogP contribution < -0.4 is 0 Å². The summed E-state index contributed by atoms with van der Waals surface area (Å²) < 4.78 is 0. The summed E-state index contributed by atoms with van der Waals surface area (Å²) in [6, 6.07) is 0. The number of hydrogen-bond acceptors (Lipinski definition) is 1. The first-order valence-corrected chi connectivity index (χ1v) is 8.77. The Morgan fingerprint density at radius 2 is 1.85 bits per heavy atom. The molecule has 110 valence electrons. The van der Waals surface area contributed by atoms with E-state index in [1.165, 1.54) is 50.5 Å². The van der Waals surface area contributed by atoms with E-state index >= 15 is 0 Å². The molecule has 5 atom stereocenters. The van der Waals surface area contributed by atoms with Crippen molar-refractivity contribution < 1.29 is 4.79 Å². The average Bonchev–Trinajstić information content (AvgIpc) is 2.81. The molecular formula is C19H28O. The first kappa shape index (κ1) is 13.1. The van der Waals surface area contributed by atoms with Gasteiger partial charge < -0.3 is 0 Å². The fourth-order valence-electron chi connectivity index (χ4n) is 6.55. The van der Waals surface area contributed by atoms with Gasteiger partial charge in [-0.15, -0.1) is 0 Å². The molecule has 3 saturated carbocycles. The van der Waals surface area contributed by atoms with Crippen LogP contribution in [-0.2, 0) is 4.79 Å². The highest BCUT2D eigenvalue weighted by molar-refractivity contribution is 5.91. The molecule has 1 heteroatoms. The first-order valence-electron chi connectivity index (χ1n) is 8.77. The normalized spacial score (nSPS) is 51.0. The number of ketones is 1. The standard InChI is InChI=1S/C19H28O/c1-18-9-3-4-16(18)15-6-5-13-12-14(20)7-11-19(13,2)17(15)8-10-18/h12,15-17H,3-11H2,1-2H3/t15-,16+,17+,18?,19+/m1/s1. The molecule has 0 bridgehead atoms. The molecule has 0 spiro atoms. The molecule has 4 rings (SSSR count). The summed E-state index contributed by atoms with van der Waals surface area (Å²) >= 11 is 0. The zero-order valence-electron chi connectivity index (χ0n) is 13.1. The second-order valence-electron chi connectivity index (χ2n) is 8.55. The van der Waals surface area contributed by atoms with Gasteiger partial charge in [0.2, 0.25) is 0 Å². The Balaban J connectivity index is 1.69. The van der Waals surface area contributed by atoms with E-state index in [4.69, 9.17) is 0 Å². The van der Waals surface area contributed by atoms with Crippen molar-refractivity contribution >= 4 is 5.78 Å². The first-order chi connectivity index (χ1) is 9.53. The molecule has 4 aliphatic rings. The van der Waals surface area contributed by atoms with Crippen LogP contribution in [0.2, 0.25) is 0 Å². The Labute approximate surface area is 123 Å². The second-order valence-corrected chi connectivity index (χ2v) is 8.55. The van der Waals surface area contributed by atoms with E-state index in [9.17, 15) is 4.79 Å². The van der Waals surface area contributed by atoms with E-state index in [1.807, 2.05) is 6.08 Å². The fourth-order valence-corrected chi connectivity index (χ4v) is 6.55. The molecular weight excluding hydrogens is 244 g/mol. The van der Waals surface area contributed by atoms with Crippen molar-refractivity contribution in [1.82, 2.24) is 0 Å². The zero-order valence-corrected chi connectivity index (χ0v) is 13.1. The molecule has 0 saturated heterocycles. The van der Waals surface area contributed by atoms with Crippen molar-refractivity contribution in [3.63, 3.8) is 0 Å². The van der Waals surface area contributed by atoms with Gasteiger partial charge in [-0.3, -0.25) is 4.79 Å². The fraction of sp³-hybridized carbons (Fsp3) is 0.842. The largest absolute Gasteiger partial charge is 0.295 e. The predicted molar refractivity (Wildman–Crippen MR) is 81.3 cm³/mol. The Hall–Kier alpha value is -0.590. The lowest BCUT2D eigenvalue weighted by atomic mass is 9.47. The van der Waals surface area contributed by atoms with Gasteiger partial charge >= 0.3 is 0 Å². The molecule has 20 heavy (non-hydrogen) atoms. The van der Waals surface area contributed by atoms with Crippen LogP contribution in [0.4, 0.5) is 0 Å². The van der Waals surface area contributed by atoms with E-state index in [-0.39, 0.29) is 0 Å².